The number of nitrogens with one attached hydrogen (secondary N) is 1. The van der Waals surface area contributed by atoms with Gasteiger partial charge in [0.05, 0.1) is 5.69 Å². The highest BCUT2D eigenvalue weighted by Gasteiger charge is 1.98. The van der Waals surface area contributed by atoms with Crippen molar-refractivity contribution in [2.24, 2.45) is 5.84 Å². The minimum Gasteiger partial charge on any atom is -0.323 e. The van der Waals surface area contributed by atoms with E-state index in [-0.39, 0.29) is 0 Å². The van der Waals surface area contributed by atoms with Gasteiger partial charge >= 0.3 is 0 Å². The van der Waals surface area contributed by atoms with Crippen LogP contribution in [0.15, 0.2) is 30.6 Å². The Hall–Kier alpha value is -1.68. The molecule has 0 unspecified atom stereocenters. The van der Waals surface area contributed by atoms with Crippen LogP contribution in [0, 0.1) is 0 Å². The largest absolute Gasteiger partial charge is 0.323 e. The Morgan fingerprint density at radius 2 is 2.00 bits per heavy atom. The molecule has 12 heavy (non-hydrogen) atoms. The van der Waals surface area contributed by atoms with E-state index < -0.39 is 0 Å². The van der Waals surface area contributed by atoms with Gasteiger partial charge in [-0.25, -0.2) is 9.97 Å². The number of rotatable bonds is 1. The van der Waals surface area contributed by atoms with Gasteiger partial charge in [-0.2, -0.15) is 0 Å². The fourth-order valence-electron chi connectivity index (χ4n) is 1.11. The SMILES string of the molecule is NNc1ccnc2ncccc12. The summed E-state index contributed by atoms with van der Waals surface area (Å²) in [5.74, 6) is 5.31. The van der Waals surface area contributed by atoms with Gasteiger partial charge < -0.3 is 5.43 Å². The zero-order valence-corrected chi connectivity index (χ0v) is 6.36. The van der Waals surface area contributed by atoms with Crippen molar-refractivity contribution >= 4 is 16.7 Å². The van der Waals surface area contributed by atoms with E-state index in [0.717, 1.165) is 11.1 Å². The van der Waals surface area contributed by atoms with Crippen LogP contribution in [-0.4, -0.2) is 9.97 Å². The van der Waals surface area contributed by atoms with Crippen LogP contribution in [0.4, 0.5) is 5.69 Å². The lowest BCUT2D eigenvalue weighted by Gasteiger charge is -2.02. The molecule has 2 aromatic heterocycles. The van der Waals surface area contributed by atoms with E-state index >= 15 is 0 Å². The van der Waals surface area contributed by atoms with Gasteiger partial charge in [-0.05, 0) is 18.2 Å². The first-order chi connectivity index (χ1) is 5.92. The number of anilines is 1. The van der Waals surface area contributed by atoms with Gasteiger partial charge in [-0.15, -0.1) is 0 Å². The van der Waals surface area contributed by atoms with Gasteiger partial charge in [-0.3, -0.25) is 5.84 Å². The second-order valence-electron chi connectivity index (χ2n) is 2.38. The van der Waals surface area contributed by atoms with Gasteiger partial charge in [-0.1, -0.05) is 0 Å². The maximum absolute atomic E-state index is 5.31. The van der Waals surface area contributed by atoms with Crippen LogP contribution < -0.4 is 11.3 Å². The number of hydrazine groups is 1. The highest BCUT2D eigenvalue weighted by molar-refractivity contribution is 5.87. The zero-order valence-electron chi connectivity index (χ0n) is 6.36. The Kier molecular flexibility index (Phi) is 1.60. The Balaban J connectivity index is 2.79. The van der Waals surface area contributed by atoms with Gasteiger partial charge in [0.15, 0.2) is 5.65 Å². The number of nitrogens with two attached hydrogens (primary N) is 1. The summed E-state index contributed by atoms with van der Waals surface area (Å²) in [6.45, 7) is 0. The molecule has 0 saturated carbocycles. The molecule has 0 aliphatic heterocycles. The second-order valence-corrected chi connectivity index (χ2v) is 2.38. The summed E-state index contributed by atoms with van der Waals surface area (Å²) in [6.07, 6.45) is 3.38. The Morgan fingerprint density at radius 1 is 1.17 bits per heavy atom. The third kappa shape index (κ3) is 0.981. The van der Waals surface area contributed by atoms with E-state index in [1.165, 1.54) is 0 Å². The van der Waals surface area contributed by atoms with Crippen molar-refractivity contribution in [3.63, 3.8) is 0 Å². The molecular weight excluding hydrogens is 152 g/mol. The Bertz CT molecular complexity index is 394. The summed E-state index contributed by atoms with van der Waals surface area (Å²) >= 11 is 0. The van der Waals surface area contributed by atoms with Crippen LogP contribution in [0.2, 0.25) is 0 Å². The van der Waals surface area contributed by atoms with Crippen LogP contribution >= 0.6 is 0 Å². The van der Waals surface area contributed by atoms with Crippen LogP contribution in [0.1, 0.15) is 0 Å². The van der Waals surface area contributed by atoms with Crippen LogP contribution in [0.5, 0.6) is 0 Å². The number of hydrogen-bond donors (Lipinski definition) is 2. The van der Waals surface area contributed by atoms with Crippen LogP contribution in [0.3, 0.4) is 0 Å². The molecule has 0 aromatic carbocycles. The van der Waals surface area contributed by atoms with Crippen molar-refractivity contribution in [2.45, 2.75) is 0 Å². The average molecular weight is 160 g/mol. The Morgan fingerprint density at radius 3 is 2.83 bits per heavy atom. The lowest BCUT2D eigenvalue weighted by molar-refractivity contribution is 1.27. The van der Waals surface area contributed by atoms with Crippen LogP contribution in [-0.2, 0) is 0 Å². The number of nitrogens with zero attached hydrogens (tertiary/aromatic N) is 2. The minimum atomic E-state index is 0.702. The van der Waals surface area contributed by atoms with Gasteiger partial charge in [0.2, 0.25) is 0 Å². The molecule has 3 N–H and O–H groups in total. The van der Waals surface area contributed by atoms with Crippen molar-refractivity contribution in [1.82, 2.24) is 9.97 Å². The molecule has 4 heteroatoms. The summed E-state index contributed by atoms with van der Waals surface area (Å²) < 4.78 is 0. The van der Waals surface area contributed by atoms with Crippen molar-refractivity contribution in [3.8, 4) is 0 Å². The maximum Gasteiger partial charge on any atom is 0.161 e. The fraction of sp³-hybridized carbons (Fsp3) is 0. The van der Waals surface area contributed by atoms with E-state index in [0.29, 0.717) is 5.65 Å². The average Bonchev–Trinajstić information content (AvgIpc) is 2.17. The van der Waals surface area contributed by atoms with E-state index in [9.17, 15) is 0 Å². The number of nitrogen functional groups attached to an aromatic ring is 1. The third-order valence-electron chi connectivity index (χ3n) is 1.67. The molecule has 0 fully saturated rings. The summed E-state index contributed by atoms with van der Waals surface area (Å²) in [7, 11) is 0. The molecular formula is C8H8N4. The number of pyridine rings is 2. The quantitative estimate of drug-likeness (QED) is 0.481. The molecule has 0 amide bonds. The predicted octanol–water partition coefficient (Wildman–Crippen LogP) is 0.915. The van der Waals surface area contributed by atoms with Crippen molar-refractivity contribution in [1.29, 1.82) is 0 Å². The first-order valence-electron chi connectivity index (χ1n) is 3.58. The third-order valence-corrected chi connectivity index (χ3v) is 1.67. The molecule has 0 saturated heterocycles. The van der Waals surface area contributed by atoms with Crippen molar-refractivity contribution < 1.29 is 0 Å². The highest BCUT2D eigenvalue weighted by Crippen LogP contribution is 2.17. The standard InChI is InChI=1S/C8H8N4/c9-12-7-3-5-11-8-6(7)2-1-4-10-8/h1-5H,9H2,(H,10,11,12). The predicted molar refractivity (Wildman–Crippen MR) is 47.3 cm³/mol. The zero-order chi connectivity index (χ0) is 8.39. The molecule has 0 spiro atoms. The number of aromatic nitrogens is 2. The normalized spacial score (nSPS) is 10.1. The molecule has 0 aliphatic carbocycles. The lowest BCUT2D eigenvalue weighted by atomic mass is 10.2. The molecule has 2 rings (SSSR count). The molecule has 60 valence electrons. The lowest BCUT2D eigenvalue weighted by Crippen LogP contribution is -2.07. The molecule has 2 heterocycles. The van der Waals surface area contributed by atoms with Gasteiger partial charge in [0.1, 0.15) is 0 Å². The monoisotopic (exact) mass is 160 g/mol. The number of hydrogen-bond acceptors (Lipinski definition) is 4. The maximum atomic E-state index is 5.31. The van der Waals surface area contributed by atoms with E-state index in [2.05, 4.69) is 15.4 Å². The summed E-state index contributed by atoms with van der Waals surface area (Å²) in [6, 6.07) is 5.58. The van der Waals surface area contributed by atoms with Gasteiger partial charge in [0.25, 0.3) is 0 Å². The summed E-state index contributed by atoms with van der Waals surface area (Å²) in [4.78, 5) is 8.17. The highest BCUT2D eigenvalue weighted by atomic mass is 15.2. The van der Waals surface area contributed by atoms with Gasteiger partial charge in [0, 0.05) is 17.8 Å². The molecule has 4 nitrogen and oxygen atoms in total. The molecule has 0 aliphatic rings. The minimum absolute atomic E-state index is 0.702. The second kappa shape index (κ2) is 2.75. The van der Waals surface area contributed by atoms with E-state index in [1.807, 2.05) is 18.2 Å². The van der Waals surface area contributed by atoms with Crippen molar-refractivity contribution in [2.75, 3.05) is 5.43 Å². The number of fused-ring (bicyclic) bond motifs is 1. The Labute approximate surface area is 69.4 Å². The molecule has 0 bridgehead atoms. The topological polar surface area (TPSA) is 63.8 Å². The van der Waals surface area contributed by atoms with Crippen LogP contribution in [0.25, 0.3) is 11.0 Å². The summed E-state index contributed by atoms with van der Waals surface area (Å²) in [5.41, 5.74) is 4.13. The van der Waals surface area contributed by atoms with Crippen molar-refractivity contribution in [3.05, 3.63) is 30.6 Å². The fourth-order valence-corrected chi connectivity index (χ4v) is 1.11. The van der Waals surface area contributed by atoms with E-state index in [1.54, 1.807) is 12.4 Å². The molecule has 2 aromatic rings. The first-order valence-corrected chi connectivity index (χ1v) is 3.58. The smallest absolute Gasteiger partial charge is 0.161 e. The molecule has 0 atom stereocenters. The van der Waals surface area contributed by atoms with E-state index in [4.69, 9.17) is 5.84 Å². The summed E-state index contributed by atoms with van der Waals surface area (Å²) in [5, 5.41) is 0.933. The first kappa shape index (κ1) is 7.00. The molecule has 0 radical (unpaired) electrons.